The Morgan fingerprint density at radius 2 is 2.05 bits per heavy atom. The molecule has 3 rings (SSSR count). The number of rotatable bonds is 4. The van der Waals surface area contributed by atoms with E-state index in [1.54, 1.807) is 0 Å². The van der Waals surface area contributed by atoms with Gasteiger partial charge in [0.2, 0.25) is 0 Å². The van der Waals surface area contributed by atoms with Gasteiger partial charge in [0.25, 0.3) is 0 Å². The summed E-state index contributed by atoms with van der Waals surface area (Å²) in [7, 11) is 0. The number of benzene rings is 1. The molecule has 1 aromatic heterocycles. The Kier molecular flexibility index (Phi) is 4.07. The van der Waals surface area contributed by atoms with Crippen LogP contribution in [0.2, 0.25) is 0 Å². The molecule has 21 heavy (non-hydrogen) atoms. The Morgan fingerprint density at radius 1 is 1.19 bits per heavy atom. The molecule has 0 radical (unpaired) electrons. The topological polar surface area (TPSA) is 24.9 Å². The van der Waals surface area contributed by atoms with Crippen LogP contribution in [0.25, 0.3) is 0 Å². The minimum atomic E-state index is 0.309. The quantitative estimate of drug-likeness (QED) is 0.918. The maximum absolute atomic E-state index is 4.19. The molecule has 0 bridgehead atoms. The fourth-order valence-corrected chi connectivity index (χ4v) is 3.36. The Balaban J connectivity index is 1.71. The predicted molar refractivity (Wildman–Crippen MR) is 87.2 cm³/mol. The maximum Gasteiger partial charge on any atom is 0.0374 e. The number of pyridine rings is 1. The lowest BCUT2D eigenvalue weighted by Gasteiger charge is -2.40. The largest absolute Gasteiger partial charge is 0.309 e. The van der Waals surface area contributed by atoms with Crippen LogP contribution in [-0.2, 0) is 12.8 Å². The van der Waals surface area contributed by atoms with Crippen molar-refractivity contribution in [1.29, 1.82) is 0 Å². The standard InChI is InChI=1S/C19H24N2/c1-19(2)11-9-16-7-3-4-8-17(16)18(19)21-13-10-15-6-5-12-20-14-15/h3-8,12,14,18,21H,9-11,13H2,1-2H3. The molecule has 0 aliphatic heterocycles. The van der Waals surface area contributed by atoms with Crippen molar-refractivity contribution in [3.8, 4) is 0 Å². The van der Waals surface area contributed by atoms with Crippen molar-refractivity contribution in [2.45, 2.75) is 39.2 Å². The molecule has 0 spiro atoms. The number of aryl methyl sites for hydroxylation is 1. The van der Waals surface area contributed by atoms with Crippen molar-refractivity contribution < 1.29 is 0 Å². The summed E-state index contributed by atoms with van der Waals surface area (Å²) in [5.41, 5.74) is 4.60. The minimum Gasteiger partial charge on any atom is -0.309 e. The zero-order valence-electron chi connectivity index (χ0n) is 13.0. The fourth-order valence-electron chi connectivity index (χ4n) is 3.36. The Labute approximate surface area is 127 Å². The second-order valence-electron chi connectivity index (χ2n) is 6.69. The van der Waals surface area contributed by atoms with Gasteiger partial charge in [0.1, 0.15) is 0 Å². The molecule has 0 fully saturated rings. The SMILES string of the molecule is CC1(C)CCc2ccccc2C1NCCc1cccnc1. The van der Waals surface area contributed by atoms with Crippen LogP contribution in [0.3, 0.4) is 0 Å². The molecule has 1 N–H and O–H groups in total. The van der Waals surface area contributed by atoms with Crippen molar-refractivity contribution in [2.75, 3.05) is 6.54 Å². The van der Waals surface area contributed by atoms with E-state index in [9.17, 15) is 0 Å². The van der Waals surface area contributed by atoms with Gasteiger partial charge >= 0.3 is 0 Å². The molecule has 0 saturated heterocycles. The van der Waals surface area contributed by atoms with Gasteiger partial charge in [-0.3, -0.25) is 4.98 Å². The zero-order valence-corrected chi connectivity index (χ0v) is 13.0. The summed E-state index contributed by atoms with van der Waals surface area (Å²) in [4.78, 5) is 4.19. The third-order valence-corrected chi connectivity index (χ3v) is 4.67. The highest BCUT2D eigenvalue weighted by Gasteiger charge is 2.35. The number of fused-ring (bicyclic) bond motifs is 1. The molecule has 2 aromatic rings. The molecule has 2 heteroatoms. The highest BCUT2D eigenvalue weighted by atomic mass is 14.9. The number of nitrogens with one attached hydrogen (secondary N) is 1. The van der Waals surface area contributed by atoms with Crippen LogP contribution in [0.15, 0.2) is 48.8 Å². The van der Waals surface area contributed by atoms with Gasteiger partial charge in [0.15, 0.2) is 0 Å². The summed E-state index contributed by atoms with van der Waals surface area (Å²) in [6.07, 6.45) is 7.26. The Bertz CT molecular complexity index is 590. The van der Waals surface area contributed by atoms with Crippen molar-refractivity contribution in [3.05, 3.63) is 65.5 Å². The number of hydrogen-bond donors (Lipinski definition) is 1. The third-order valence-electron chi connectivity index (χ3n) is 4.67. The average molecular weight is 280 g/mol. The molecule has 1 atom stereocenters. The van der Waals surface area contributed by atoms with E-state index < -0.39 is 0 Å². The normalized spacial score (nSPS) is 20.0. The van der Waals surface area contributed by atoms with Gasteiger partial charge in [-0.05, 0) is 54.0 Å². The monoisotopic (exact) mass is 280 g/mol. The predicted octanol–water partition coefficient (Wildman–Crippen LogP) is 3.93. The van der Waals surface area contributed by atoms with E-state index in [1.807, 2.05) is 18.5 Å². The molecule has 1 aromatic carbocycles. The summed E-state index contributed by atoms with van der Waals surface area (Å²) < 4.78 is 0. The van der Waals surface area contributed by atoms with Crippen LogP contribution >= 0.6 is 0 Å². The summed E-state index contributed by atoms with van der Waals surface area (Å²) in [5, 5.41) is 3.79. The number of aromatic nitrogens is 1. The molecule has 110 valence electrons. The highest BCUT2D eigenvalue weighted by Crippen LogP contribution is 2.43. The van der Waals surface area contributed by atoms with Gasteiger partial charge < -0.3 is 5.32 Å². The summed E-state index contributed by atoms with van der Waals surface area (Å²) in [6, 6.07) is 13.5. The highest BCUT2D eigenvalue weighted by molar-refractivity contribution is 5.34. The molecule has 2 nitrogen and oxygen atoms in total. The molecule has 1 aliphatic carbocycles. The average Bonchev–Trinajstić information content (AvgIpc) is 2.50. The molecule has 0 amide bonds. The zero-order chi connectivity index (χ0) is 14.7. The van der Waals surface area contributed by atoms with Crippen LogP contribution < -0.4 is 5.32 Å². The maximum atomic E-state index is 4.19. The molecule has 0 saturated carbocycles. The third kappa shape index (κ3) is 3.16. The van der Waals surface area contributed by atoms with Crippen LogP contribution in [-0.4, -0.2) is 11.5 Å². The first-order valence-electron chi connectivity index (χ1n) is 7.87. The Hall–Kier alpha value is -1.67. The van der Waals surface area contributed by atoms with E-state index in [0.29, 0.717) is 11.5 Å². The first kappa shape index (κ1) is 14.3. The van der Waals surface area contributed by atoms with Gasteiger partial charge in [-0.1, -0.05) is 44.2 Å². The number of hydrogen-bond acceptors (Lipinski definition) is 2. The molecule has 1 unspecified atom stereocenters. The summed E-state index contributed by atoms with van der Waals surface area (Å²) in [5.74, 6) is 0. The van der Waals surface area contributed by atoms with Crippen molar-refractivity contribution in [3.63, 3.8) is 0 Å². The second-order valence-corrected chi connectivity index (χ2v) is 6.69. The van der Waals surface area contributed by atoms with Gasteiger partial charge in [-0.25, -0.2) is 0 Å². The first-order valence-corrected chi connectivity index (χ1v) is 7.87. The van der Waals surface area contributed by atoms with Crippen LogP contribution in [0.5, 0.6) is 0 Å². The molecular weight excluding hydrogens is 256 g/mol. The molecule has 1 aliphatic rings. The lowest BCUT2D eigenvalue weighted by Crippen LogP contribution is -2.39. The van der Waals surface area contributed by atoms with E-state index in [2.05, 4.69) is 54.5 Å². The van der Waals surface area contributed by atoms with Crippen LogP contribution in [0, 0.1) is 5.41 Å². The summed E-state index contributed by atoms with van der Waals surface area (Å²) in [6.45, 7) is 5.75. The van der Waals surface area contributed by atoms with Crippen molar-refractivity contribution >= 4 is 0 Å². The van der Waals surface area contributed by atoms with Gasteiger partial charge in [-0.2, -0.15) is 0 Å². The first-order chi connectivity index (χ1) is 10.2. The minimum absolute atomic E-state index is 0.309. The fraction of sp³-hybridized carbons (Fsp3) is 0.421. The lowest BCUT2D eigenvalue weighted by molar-refractivity contribution is 0.210. The Morgan fingerprint density at radius 3 is 2.86 bits per heavy atom. The van der Waals surface area contributed by atoms with E-state index in [4.69, 9.17) is 0 Å². The van der Waals surface area contributed by atoms with Crippen LogP contribution in [0.4, 0.5) is 0 Å². The van der Waals surface area contributed by atoms with Gasteiger partial charge in [-0.15, -0.1) is 0 Å². The van der Waals surface area contributed by atoms with E-state index in [1.165, 1.54) is 29.5 Å². The van der Waals surface area contributed by atoms with E-state index in [0.717, 1.165) is 13.0 Å². The number of nitrogens with zero attached hydrogens (tertiary/aromatic N) is 1. The summed E-state index contributed by atoms with van der Waals surface area (Å²) >= 11 is 0. The smallest absolute Gasteiger partial charge is 0.0374 e. The van der Waals surface area contributed by atoms with E-state index in [-0.39, 0.29) is 0 Å². The lowest BCUT2D eigenvalue weighted by atomic mass is 9.70. The second kappa shape index (κ2) is 5.98. The van der Waals surface area contributed by atoms with Crippen LogP contribution in [0.1, 0.15) is 43.0 Å². The van der Waals surface area contributed by atoms with Gasteiger partial charge in [0.05, 0.1) is 0 Å². The van der Waals surface area contributed by atoms with Crippen molar-refractivity contribution in [2.24, 2.45) is 5.41 Å². The van der Waals surface area contributed by atoms with Gasteiger partial charge in [0, 0.05) is 18.4 Å². The van der Waals surface area contributed by atoms with E-state index >= 15 is 0 Å². The molecule has 1 heterocycles. The van der Waals surface area contributed by atoms with Crippen molar-refractivity contribution in [1.82, 2.24) is 10.3 Å². The molecular formula is C19H24N2.